The number of amides is 1. The van der Waals surface area contributed by atoms with Gasteiger partial charge in [0.25, 0.3) is 5.91 Å². The minimum absolute atomic E-state index is 0.194. The van der Waals surface area contributed by atoms with Gasteiger partial charge in [-0.1, -0.05) is 24.3 Å². The van der Waals surface area contributed by atoms with Crippen molar-refractivity contribution in [3.8, 4) is 0 Å². The second-order valence-corrected chi connectivity index (χ2v) is 4.42. The molecule has 1 N–H and O–H groups in total. The van der Waals surface area contributed by atoms with E-state index in [1.54, 1.807) is 6.92 Å². The van der Waals surface area contributed by atoms with E-state index in [0.29, 0.717) is 17.9 Å². The Morgan fingerprint density at radius 2 is 1.74 bits per heavy atom. The summed E-state index contributed by atoms with van der Waals surface area (Å²) >= 11 is 0. The highest BCUT2D eigenvalue weighted by Gasteiger charge is 2.13. The molecule has 4 heteroatoms. The third-order valence-corrected chi connectivity index (χ3v) is 2.94. The Balaban J connectivity index is 2.10. The highest BCUT2D eigenvalue weighted by atomic mass is 16.1. The lowest BCUT2D eigenvalue weighted by molar-refractivity contribution is 0.0944. The Kier molecular flexibility index (Phi) is 3.90. The lowest BCUT2D eigenvalue weighted by atomic mass is 10.2. The van der Waals surface area contributed by atoms with Gasteiger partial charge in [0.05, 0.1) is 17.1 Å². The fraction of sp³-hybridized carbons (Fsp3) is 0.267. The molecule has 0 atom stereocenters. The van der Waals surface area contributed by atoms with E-state index in [4.69, 9.17) is 0 Å². The number of benzene rings is 1. The predicted octanol–water partition coefficient (Wildman–Crippen LogP) is 2.13. The Morgan fingerprint density at radius 3 is 2.42 bits per heavy atom. The SMILES string of the molecule is Cc1nc(C)c(C(=O)NCc2cc[c]cc2)nc1C. The maximum absolute atomic E-state index is 12.1. The van der Waals surface area contributed by atoms with Crippen LogP contribution in [0.2, 0.25) is 0 Å². The quantitative estimate of drug-likeness (QED) is 0.913. The van der Waals surface area contributed by atoms with Gasteiger partial charge >= 0.3 is 0 Å². The monoisotopic (exact) mass is 254 g/mol. The van der Waals surface area contributed by atoms with Crippen LogP contribution >= 0.6 is 0 Å². The number of carbonyl (C=O) groups is 1. The molecule has 0 aliphatic rings. The van der Waals surface area contributed by atoms with Crippen molar-refractivity contribution in [1.29, 1.82) is 0 Å². The smallest absolute Gasteiger partial charge is 0.272 e. The Morgan fingerprint density at radius 1 is 1.11 bits per heavy atom. The third kappa shape index (κ3) is 3.16. The van der Waals surface area contributed by atoms with Gasteiger partial charge in [0.1, 0.15) is 5.69 Å². The minimum atomic E-state index is -0.194. The van der Waals surface area contributed by atoms with Gasteiger partial charge in [-0.15, -0.1) is 0 Å². The molecule has 0 saturated heterocycles. The Labute approximate surface area is 112 Å². The molecular formula is C15H16N3O. The van der Waals surface area contributed by atoms with Crippen LogP contribution in [0.3, 0.4) is 0 Å². The van der Waals surface area contributed by atoms with E-state index in [-0.39, 0.29) is 5.91 Å². The van der Waals surface area contributed by atoms with Crippen LogP contribution in [0.1, 0.15) is 33.1 Å². The van der Waals surface area contributed by atoms with Crippen LogP contribution in [0.5, 0.6) is 0 Å². The van der Waals surface area contributed by atoms with Crippen molar-refractivity contribution < 1.29 is 4.79 Å². The van der Waals surface area contributed by atoms with Crippen LogP contribution in [-0.2, 0) is 6.54 Å². The van der Waals surface area contributed by atoms with E-state index in [2.05, 4.69) is 21.4 Å². The molecule has 0 bridgehead atoms. The maximum atomic E-state index is 12.1. The zero-order valence-electron chi connectivity index (χ0n) is 11.3. The molecule has 0 saturated carbocycles. The summed E-state index contributed by atoms with van der Waals surface area (Å²) in [5, 5.41) is 2.85. The lowest BCUT2D eigenvalue weighted by Crippen LogP contribution is -2.25. The van der Waals surface area contributed by atoms with Crippen LogP contribution in [0.15, 0.2) is 24.3 Å². The average Bonchev–Trinajstić information content (AvgIpc) is 2.41. The largest absolute Gasteiger partial charge is 0.347 e. The Hall–Kier alpha value is -2.23. The van der Waals surface area contributed by atoms with Crippen molar-refractivity contribution in [3.63, 3.8) is 0 Å². The topological polar surface area (TPSA) is 54.9 Å². The number of nitrogens with zero attached hydrogens (tertiary/aromatic N) is 2. The second-order valence-electron chi connectivity index (χ2n) is 4.42. The average molecular weight is 254 g/mol. The first-order valence-corrected chi connectivity index (χ1v) is 6.13. The predicted molar refractivity (Wildman–Crippen MR) is 72.7 cm³/mol. The number of hydrogen-bond donors (Lipinski definition) is 1. The lowest BCUT2D eigenvalue weighted by Gasteiger charge is -2.08. The van der Waals surface area contributed by atoms with Crippen LogP contribution in [0, 0.1) is 26.8 Å². The summed E-state index contributed by atoms with van der Waals surface area (Å²) in [7, 11) is 0. The zero-order chi connectivity index (χ0) is 13.8. The molecule has 4 nitrogen and oxygen atoms in total. The van der Waals surface area contributed by atoms with Gasteiger partial charge in [-0.2, -0.15) is 0 Å². The third-order valence-electron chi connectivity index (χ3n) is 2.94. The molecule has 0 fully saturated rings. The minimum Gasteiger partial charge on any atom is -0.347 e. The molecule has 0 aliphatic heterocycles. The van der Waals surface area contributed by atoms with Gasteiger partial charge in [0, 0.05) is 6.54 Å². The summed E-state index contributed by atoms with van der Waals surface area (Å²) in [5.41, 5.74) is 3.71. The molecule has 1 aromatic carbocycles. The van der Waals surface area contributed by atoms with Crippen molar-refractivity contribution in [2.75, 3.05) is 0 Å². The molecule has 1 aromatic heterocycles. The standard InChI is InChI=1S/C15H16N3O/c1-10-11(2)18-14(12(3)17-10)15(19)16-9-13-7-5-4-6-8-13/h5-8H,9H2,1-3H3,(H,16,19). The molecule has 1 heterocycles. The van der Waals surface area contributed by atoms with Gasteiger partial charge in [0.15, 0.2) is 0 Å². The van der Waals surface area contributed by atoms with Crippen LogP contribution in [0.4, 0.5) is 0 Å². The first kappa shape index (κ1) is 13.2. The highest BCUT2D eigenvalue weighted by Crippen LogP contribution is 2.07. The number of aryl methyl sites for hydroxylation is 3. The van der Waals surface area contributed by atoms with Gasteiger partial charge in [-0.25, -0.2) is 4.98 Å². The summed E-state index contributed by atoms with van der Waals surface area (Å²) in [6.45, 7) is 6.01. The zero-order valence-corrected chi connectivity index (χ0v) is 11.3. The molecule has 97 valence electrons. The van der Waals surface area contributed by atoms with Gasteiger partial charge in [-0.05, 0) is 32.4 Å². The molecule has 19 heavy (non-hydrogen) atoms. The second kappa shape index (κ2) is 5.61. The van der Waals surface area contributed by atoms with E-state index < -0.39 is 0 Å². The molecule has 0 unspecified atom stereocenters. The fourth-order valence-electron chi connectivity index (χ4n) is 1.74. The van der Waals surface area contributed by atoms with E-state index >= 15 is 0 Å². The van der Waals surface area contributed by atoms with E-state index in [0.717, 1.165) is 17.0 Å². The summed E-state index contributed by atoms with van der Waals surface area (Å²) in [4.78, 5) is 20.7. The summed E-state index contributed by atoms with van der Waals surface area (Å²) < 4.78 is 0. The number of hydrogen-bond acceptors (Lipinski definition) is 3. The summed E-state index contributed by atoms with van der Waals surface area (Å²) in [6, 6.07) is 10.4. The number of carbonyl (C=O) groups excluding carboxylic acids is 1. The molecule has 1 amide bonds. The Bertz CT molecular complexity index is 594. The van der Waals surface area contributed by atoms with Gasteiger partial charge < -0.3 is 5.32 Å². The number of rotatable bonds is 3. The van der Waals surface area contributed by atoms with E-state index in [1.807, 2.05) is 38.1 Å². The van der Waals surface area contributed by atoms with Crippen molar-refractivity contribution in [2.45, 2.75) is 27.3 Å². The van der Waals surface area contributed by atoms with Crippen molar-refractivity contribution >= 4 is 5.91 Å². The molecule has 0 spiro atoms. The van der Waals surface area contributed by atoms with Crippen molar-refractivity contribution in [2.24, 2.45) is 0 Å². The summed E-state index contributed by atoms with van der Waals surface area (Å²) in [6.07, 6.45) is 0. The van der Waals surface area contributed by atoms with Crippen molar-refractivity contribution in [1.82, 2.24) is 15.3 Å². The molecule has 2 aromatic rings. The van der Waals surface area contributed by atoms with Crippen LogP contribution < -0.4 is 5.32 Å². The van der Waals surface area contributed by atoms with Crippen molar-refractivity contribution in [3.05, 3.63) is 58.7 Å². The maximum Gasteiger partial charge on any atom is 0.272 e. The van der Waals surface area contributed by atoms with E-state index in [1.165, 1.54) is 0 Å². The first-order valence-electron chi connectivity index (χ1n) is 6.13. The van der Waals surface area contributed by atoms with Crippen LogP contribution in [-0.4, -0.2) is 15.9 Å². The number of nitrogens with one attached hydrogen (secondary N) is 1. The first-order chi connectivity index (χ1) is 9.08. The van der Waals surface area contributed by atoms with Crippen LogP contribution in [0.25, 0.3) is 0 Å². The molecule has 2 rings (SSSR count). The normalized spacial score (nSPS) is 10.3. The number of aromatic nitrogens is 2. The summed E-state index contributed by atoms with van der Waals surface area (Å²) in [5.74, 6) is -0.194. The van der Waals surface area contributed by atoms with E-state index in [9.17, 15) is 4.79 Å². The molecule has 0 aliphatic carbocycles. The fourth-order valence-corrected chi connectivity index (χ4v) is 1.74. The highest BCUT2D eigenvalue weighted by molar-refractivity contribution is 5.93. The van der Waals surface area contributed by atoms with Gasteiger partial charge in [-0.3, -0.25) is 9.78 Å². The molecule has 1 radical (unpaired) electrons. The molecular weight excluding hydrogens is 238 g/mol. The van der Waals surface area contributed by atoms with Gasteiger partial charge in [0.2, 0.25) is 0 Å².